The third-order valence-electron chi connectivity index (χ3n) is 3.00. The fraction of sp³-hybridized carbons (Fsp3) is 0.917. The van der Waals surface area contributed by atoms with E-state index in [0.717, 1.165) is 6.42 Å². The molecule has 1 aliphatic carbocycles. The maximum absolute atomic E-state index is 11.4. The molecule has 1 amide bonds. The quantitative estimate of drug-likeness (QED) is 0.714. The molecule has 0 aromatic carbocycles. The molecule has 0 bridgehead atoms. The molecule has 0 aromatic heterocycles. The van der Waals surface area contributed by atoms with Gasteiger partial charge in [-0.15, -0.1) is 0 Å². The molecular formula is C12H24N2O2. The minimum Gasteiger partial charge on any atom is -0.377 e. The lowest BCUT2D eigenvalue weighted by atomic mass is 10.1. The Kier molecular flexibility index (Phi) is 5.77. The number of carbonyl (C=O) groups excluding carboxylic acids is 1. The number of nitrogens with one attached hydrogen (secondary N) is 1. The Bertz CT molecular complexity index is 219. The molecule has 2 atom stereocenters. The zero-order valence-electron chi connectivity index (χ0n) is 10.4. The van der Waals surface area contributed by atoms with E-state index in [-0.39, 0.29) is 18.1 Å². The van der Waals surface area contributed by atoms with Gasteiger partial charge in [0.15, 0.2) is 0 Å². The van der Waals surface area contributed by atoms with Crippen LogP contribution in [0.1, 0.15) is 39.5 Å². The first-order chi connectivity index (χ1) is 7.63. The first-order valence-electron chi connectivity index (χ1n) is 6.24. The smallest absolute Gasteiger partial charge is 0.222 e. The zero-order valence-corrected chi connectivity index (χ0v) is 10.4. The van der Waals surface area contributed by atoms with Gasteiger partial charge in [-0.1, -0.05) is 6.42 Å². The number of hydrogen-bond donors (Lipinski definition) is 2. The summed E-state index contributed by atoms with van der Waals surface area (Å²) in [6.45, 7) is 5.13. The predicted molar refractivity (Wildman–Crippen MR) is 64.0 cm³/mol. The molecule has 2 unspecified atom stereocenters. The van der Waals surface area contributed by atoms with Crippen molar-refractivity contribution in [3.8, 4) is 0 Å². The van der Waals surface area contributed by atoms with Gasteiger partial charge >= 0.3 is 0 Å². The fourth-order valence-corrected chi connectivity index (χ4v) is 2.19. The Morgan fingerprint density at radius 3 is 2.88 bits per heavy atom. The van der Waals surface area contributed by atoms with Crippen LogP contribution < -0.4 is 11.1 Å². The standard InChI is InChI=1S/C12H24N2O2/c1-9(2)14-12(15)6-7-16-11-5-3-4-10(11)8-13/h9-11H,3-8,13H2,1-2H3,(H,14,15). The van der Waals surface area contributed by atoms with Crippen LogP contribution in [0.2, 0.25) is 0 Å². The van der Waals surface area contributed by atoms with Gasteiger partial charge in [0.25, 0.3) is 0 Å². The van der Waals surface area contributed by atoms with Gasteiger partial charge in [-0.05, 0) is 39.2 Å². The summed E-state index contributed by atoms with van der Waals surface area (Å²) in [6, 6.07) is 0.204. The van der Waals surface area contributed by atoms with Gasteiger partial charge in [0.2, 0.25) is 5.91 Å². The molecule has 0 heterocycles. The van der Waals surface area contributed by atoms with Gasteiger partial charge in [0.1, 0.15) is 0 Å². The molecule has 1 fully saturated rings. The summed E-state index contributed by atoms with van der Waals surface area (Å²) in [7, 11) is 0. The zero-order chi connectivity index (χ0) is 12.0. The highest BCUT2D eigenvalue weighted by atomic mass is 16.5. The average Bonchev–Trinajstić information content (AvgIpc) is 2.64. The van der Waals surface area contributed by atoms with E-state index in [2.05, 4.69) is 5.32 Å². The SMILES string of the molecule is CC(C)NC(=O)CCOC1CCCC1CN. The Morgan fingerprint density at radius 1 is 1.50 bits per heavy atom. The topological polar surface area (TPSA) is 64.3 Å². The van der Waals surface area contributed by atoms with Crippen molar-refractivity contribution in [3.63, 3.8) is 0 Å². The molecular weight excluding hydrogens is 204 g/mol. The minimum absolute atomic E-state index is 0.0669. The normalized spacial score (nSPS) is 25.0. The van der Waals surface area contributed by atoms with Crippen LogP contribution in [0.3, 0.4) is 0 Å². The summed E-state index contributed by atoms with van der Waals surface area (Å²) in [4.78, 5) is 11.4. The van der Waals surface area contributed by atoms with Gasteiger partial charge in [0.05, 0.1) is 12.7 Å². The van der Waals surface area contributed by atoms with Crippen LogP contribution in [0.4, 0.5) is 0 Å². The summed E-state index contributed by atoms with van der Waals surface area (Å²) in [6.07, 6.45) is 4.18. The molecule has 0 saturated heterocycles. The van der Waals surface area contributed by atoms with Crippen molar-refractivity contribution >= 4 is 5.91 Å². The molecule has 16 heavy (non-hydrogen) atoms. The monoisotopic (exact) mass is 228 g/mol. The van der Waals surface area contributed by atoms with E-state index in [1.54, 1.807) is 0 Å². The van der Waals surface area contributed by atoms with Crippen LogP contribution in [0.15, 0.2) is 0 Å². The fourth-order valence-electron chi connectivity index (χ4n) is 2.19. The summed E-state index contributed by atoms with van der Waals surface area (Å²) in [5.74, 6) is 0.561. The number of carbonyl (C=O) groups is 1. The molecule has 0 aromatic rings. The lowest BCUT2D eigenvalue weighted by Gasteiger charge is -2.18. The number of rotatable bonds is 6. The van der Waals surface area contributed by atoms with Crippen molar-refractivity contribution in [2.24, 2.45) is 11.7 Å². The van der Waals surface area contributed by atoms with Crippen LogP contribution in [0, 0.1) is 5.92 Å². The summed E-state index contributed by atoms with van der Waals surface area (Å²) in [5.41, 5.74) is 5.66. The van der Waals surface area contributed by atoms with Crippen molar-refractivity contribution in [2.45, 2.75) is 51.7 Å². The van der Waals surface area contributed by atoms with Gasteiger partial charge in [0, 0.05) is 12.5 Å². The molecule has 0 aliphatic heterocycles. The Morgan fingerprint density at radius 2 is 2.25 bits per heavy atom. The minimum atomic E-state index is 0.0669. The van der Waals surface area contributed by atoms with Crippen LogP contribution in [0.25, 0.3) is 0 Å². The molecule has 0 spiro atoms. The second-order valence-corrected chi connectivity index (χ2v) is 4.81. The van der Waals surface area contributed by atoms with Crippen molar-refractivity contribution < 1.29 is 9.53 Å². The third-order valence-corrected chi connectivity index (χ3v) is 3.00. The maximum atomic E-state index is 11.4. The largest absolute Gasteiger partial charge is 0.377 e. The third kappa shape index (κ3) is 4.49. The molecule has 1 aliphatic rings. The lowest BCUT2D eigenvalue weighted by Crippen LogP contribution is -2.32. The van der Waals surface area contributed by atoms with Crippen LogP contribution >= 0.6 is 0 Å². The van der Waals surface area contributed by atoms with E-state index in [0.29, 0.717) is 25.5 Å². The second-order valence-electron chi connectivity index (χ2n) is 4.81. The molecule has 4 heteroatoms. The maximum Gasteiger partial charge on any atom is 0.222 e. The van der Waals surface area contributed by atoms with Crippen molar-refractivity contribution in [3.05, 3.63) is 0 Å². The molecule has 4 nitrogen and oxygen atoms in total. The van der Waals surface area contributed by atoms with Gasteiger partial charge in [-0.2, -0.15) is 0 Å². The van der Waals surface area contributed by atoms with Crippen LogP contribution in [0.5, 0.6) is 0 Å². The molecule has 1 saturated carbocycles. The van der Waals surface area contributed by atoms with Crippen LogP contribution in [-0.2, 0) is 9.53 Å². The summed E-state index contributed by atoms with van der Waals surface area (Å²) in [5, 5.41) is 2.85. The first kappa shape index (κ1) is 13.5. The van der Waals surface area contributed by atoms with Crippen molar-refractivity contribution in [2.75, 3.05) is 13.2 Å². The number of amides is 1. The Hall–Kier alpha value is -0.610. The molecule has 1 rings (SSSR count). The number of hydrogen-bond acceptors (Lipinski definition) is 3. The van der Waals surface area contributed by atoms with E-state index < -0.39 is 0 Å². The molecule has 0 radical (unpaired) electrons. The highest BCUT2D eigenvalue weighted by Gasteiger charge is 2.26. The lowest BCUT2D eigenvalue weighted by molar-refractivity contribution is -0.123. The van der Waals surface area contributed by atoms with E-state index in [4.69, 9.17) is 10.5 Å². The Balaban J connectivity index is 2.12. The van der Waals surface area contributed by atoms with E-state index in [1.165, 1.54) is 12.8 Å². The highest BCUT2D eigenvalue weighted by molar-refractivity contribution is 5.76. The van der Waals surface area contributed by atoms with Gasteiger partial charge in [-0.25, -0.2) is 0 Å². The number of ether oxygens (including phenoxy) is 1. The first-order valence-corrected chi connectivity index (χ1v) is 6.24. The summed E-state index contributed by atoms with van der Waals surface area (Å²) >= 11 is 0. The average molecular weight is 228 g/mol. The van der Waals surface area contributed by atoms with Crippen molar-refractivity contribution in [1.82, 2.24) is 5.32 Å². The predicted octanol–water partition coefficient (Wildman–Crippen LogP) is 1.05. The Labute approximate surface area is 97.9 Å². The summed E-state index contributed by atoms with van der Waals surface area (Å²) < 4.78 is 5.72. The van der Waals surface area contributed by atoms with Gasteiger partial charge in [-0.3, -0.25) is 4.79 Å². The highest BCUT2D eigenvalue weighted by Crippen LogP contribution is 2.27. The van der Waals surface area contributed by atoms with E-state index >= 15 is 0 Å². The second kappa shape index (κ2) is 6.86. The van der Waals surface area contributed by atoms with Gasteiger partial charge < -0.3 is 15.8 Å². The van der Waals surface area contributed by atoms with Crippen molar-refractivity contribution in [1.29, 1.82) is 0 Å². The van der Waals surface area contributed by atoms with E-state index in [9.17, 15) is 4.79 Å². The van der Waals surface area contributed by atoms with E-state index in [1.807, 2.05) is 13.8 Å². The van der Waals surface area contributed by atoms with Crippen LogP contribution in [-0.4, -0.2) is 31.2 Å². The molecule has 3 N–H and O–H groups in total. The number of nitrogens with two attached hydrogens (primary N) is 1. The molecule has 94 valence electrons.